The number of rotatable bonds is 10. The molecule has 108 valence electrons. The molecule has 0 saturated heterocycles. The van der Waals surface area contributed by atoms with E-state index in [1.807, 2.05) is 25.1 Å². The van der Waals surface area contributed by atoms with Gasteiger partial charge < -0.3 is 20.3 Å². The maximum absolute atomic E-state index is 8.70. The zero-order valence-corrected chi connectivity index (χ0v) is 11.7. The summed E-state index contributed by atoms with van der Waals surface area (Å²) in [5.74, 6) is 1.54. The maximum atomic E-state index is 8.70. The van der Waals surface area contributed by atoms with E-state index < -0.39 is 0 Å². The second kappa shape index (κ2) is 9.64. The highest BCUT2D eigenvalue weighted by atomic mass is 16.5. The van der Waals surface area contributed by atoms with Crippen molar-refractivity contribution in [3.8, 4) is 11.5 Å². The molecule has 0 bridgehead atoms. The number of aliphatic hydroxyl groups is 1. The minimum absolute atomic E-state index is 0.269. The first kappa shape index (κ1) is 15.8. The van der Waals surface area contributed by atoms with Gasteiger partial charge in [-0.05, 0) is 32.3 Å². The minimum Gasteiger partial charge on any atom is -0.490 e. The predicted octanol–water partition coefficient (Wildman–Crippen LogP) is 2.48. The molecule has 1 rings (SSSR count). The van der Waals surface area contributed by atoms with Crippen molar-refractivity contribution in [3.05, 3.63) is 23.8 Å². The van der Waals surface area contributed by atoms with Gasteiger partial charge in [0.25, 0.3) is 0 Å². The molecule has 0 atom stereocenters. The van der Waals surface area contributed by atoms with Gasteiger partial charge in [-0.3, -0.25) is 0 Å². The quantitative estimate of drug-likeness (QED) is 0.639. The molecule has 0 amide bonds. The summed E-state index contributed by atoms with van der Waals surface area (Å²) in [5, 5.41) is 8.70. The molecule has 4 heteroatoms. The Bertz CT molecular complexity index is 355. The van der Waals surface area contributed by atoms with Crippen molar-refractivity contribution in [2.24, 2.45) is 5.73 Å². The lowest BCUT2D eigenvalue weighted by Gasteiger charge is -2.15. The van der Waals surface area contributed by atoms with Crippen LogP contribution in [0.3, 0.4) is 0 Å². The van der Waals surface area contributed by atoms with Crippen LogP contribution in [0.4, 0.5) is 0 Å². The number of nitrogens with two attached hydrogens (primary N) is 1. The second-order valence-electron chi connectivity index (χ2n) is 4.37. The van der Waals surface area contributed by atoms with Crippen LogP contribution in [-0.4, -0.2) is 24.9 Å². The fourth-order valence-electron chi connectivity index (χ4n) is 1.90. The molecule has 0 spiro atoms. The Morgan fingerprint density at radius 3 is 2.58 bits per heavy atom. The lowest BCUT2D eigenvalue weighted by molar-refractivity contribution is 0.260. The number of hydrogen-bond acceptors (Lipinski definition) is 4. The van der Waals surface area contributed by atoms with Crippen LogP contribution in [-0.2, 0) is 6.54 Å². The first-order chi connectivity index (χ1) is 9.33. The van der Waals surface area contributed by atoms with Gasteiger partial charge in [-0.15, -0.1) is 0 Å². The van der Waals surface area contributed by atoms with Crippen molar-refractivity contribution in [1.82, 2.24) is 0 Å². The fraction of sp³-hybridized carbons (Fsp3) is 0.600. The van der Waals surface area contributed by atoms with Crippen molar-refractivity contribution in [1.29, 1.82) is 0 Å². The molecule has 19 heavy (non-hydrogen) atoms. The van der Waals surface area contributed by atoms with Crippen molar-refractivity contribution >= 4 is 0 Å². The van der Waals surface area contributed by atoms with E-state index in [9.17, 15) is 0 Å². The summed E-state index contributed by atoms with van der Waals surface area (Å²) in [6, 6.07) is 5.80. The van der Waals surface area contributed by atoms with E-state index in [2.05, 4.69) is 0 Å². The first-order valence-electron chi connectivity index (χ1n) is 7.01. The Hall–Kier alpha value is -1.26. The SMILES string of the molecule is CCOc1cccc(CN)c1OCCCCCCO. The molecule has 0 aliphatic heterocycles. The van der Waals surface area contributed by atoms with E-state index in [-0.39, 0.29) is 6.61 Å². The van der Waals surface area contributed by atoms with E-state index in [1.165, 1.54) is 0 Å². The molecular formula is C15H25NO3. The van der Waals surface area contributed by atoms with Gasteiger partial charge in [0.15, 0.2) is 11.5 Å². The normalized spacial score (nSPS) is 10.5. The molecule has 1 aromatic rings. The number of para-hydroxylation sites is 1. The van der Waals surface area contributed by atoms with Gasteiger partial charge in [0.1, 0.15) is 0 Å². The number of ether oxygens (including phenoxy) is 2. The van der Waals surface area contributed by atoms with Crippen LogP contribution in [0.15, 0.2) is 18.2 Å². The zero-order chi connectivity index (χ0) is 13.9. The van der Waals surface area contributed by atoms with E-state index in [4.69, 9.17) is 20.3 Å². The Kier molecular flexibility index (Phi) is 8.02. The first-order valence-corrected chi connectivity index (χ1v) is 7.01. The van der Waals surface area contributed by atoms with E-state index in [1.54, 1.807) is 0 Å². The molecule has 0 unspecified atom stereocenters. The Morgan fingerprint density at radius 2 is 1.89 bits per heavy atom. The van der Waals surface area contributed by atoms with Gasteiger partial charge in [0.2, 0.25) is 0 Å². The maximum Gasteiger partial charge on any atom is 0.165 e. The molecule has 4 nitrogen and oxygen atoms in total. The summed E-state index contributed by atoms with van der Waals surface area (Å²) in [6.45, 7) is 3.93. The molecule has 3 N–H and O–H groups in total. The number of benzene rings is 1. The predicted molar refractivity (Wildman–Crippen MR) is 76.6 cm³/mol. The molecule has 0 aliphatic carbocycles. The van der Waals surface area contributed by atoms with Crippen LogP contribution in [0.5, 0.6) is 11.5 Å². The molecule has 0 aliphatic rings. The van der Waals surface area contributed by atoms with Crippen molar-refractivity contribution in [2.75, 3.05) is 19.8 Å². The van der Waals surface area contributed by atoms with Crippen LogP contribution in [0.2, 0.25) is 0 Å². The monoisotopic (exact) mass is 267 g/mol. The highest BCUT2D eigenvalue weighted by Gasteiger charge is 2.09. The van der Waals surface area contributed by atoms with Gasteiger partial charge in [-0.2, -0.15) is 0 Å². The van der Waals surface area contributed by atoms with Crippen molar-refractivity contribution < 1.29 is 14.6 Å². The highest BCUT2D eigenvalue weighted by Crippen LogP contribution is 2.31. The van der Waals surface area contributed by atoms with E-state index >= 15 is 0 Å². The van der Waals surface area contributed by atoms with Crippen molar-refractivity contribution in [2.45, 2.75) is 39.2 Å². The third-order valence-electron chi connectivity index (χ3n) is 2.88. The van der Waals surface area contributed by atoms with Gasteiger partial charge in [0, 0.05) is 18.7 Å². The molecule has 1 aromatic carbocycles. The van der Waals surface area contributed by atoms with Crippen LogP contribution in [0.1, 0.15) is 38.2 Å². The van der Waals surface area contributed by atoms with Crippen LogP contribution < -0.4 is 15.2 Å². The van der Waals surface area contributed by atoms with Crippen LogP contribution in [0, 0.1) is 0 Å². The van der Waals surface area contributed by atoms with Gasteiger partial charge in [-0.1, -0.05) is 18.6 Å². The van der Waals surface area contributed by atoms with E-state index in [0.717, 1.165) is 42.7 Å². The summed E-state index contributed by atoms with van der Waals surface area (Å²) in [5.41, 5.74) is 6.70. The van der Waals surface area contributed by atoms with Crippen LogP contribution in [0.25, 0.3) is 0 Å². The third-order valence-corrected chi connectivity index (χ3v) is 2.88. The topological polar surface area (TPSA) is 64.7 Å². The number of hydrogen-bond donors (Lipinski definition) is 2. The largest absolute Gasteiger partial charge is 0.490 e. The Balaban J connectivity index is 2.50. The minimum atomic E-state index is 0.269. The average Bonchev–Trinajstić information content (AvgIpc) is 2.44. The molecule has 0 aromatic heterocycles. The van der Waals surface area contributed by atoms with Gasteiger partial charge >= 0.3 is 0 Å². The molecular weight excluding hydrogens is 242 g/mol. The number of aliphatic hydroxyl groups excluding tert-OH is 1. The lowest BCUT2D eigenvalue weighted by atomic mass is 10.2. The van der Waals surface area contributed by atoms with Crippen molar-refractivity contribution in [3.63, 3.8) is 0 Å². The second-order valence-corrected chi connectivity index (χ2v) is 4.37. The molecule has 0 saturated carbocycles. The number of unbranched alkanes of at least 4 members (excludes halogenated alkanes) is 3. The summed E-state index contributed by atoms with van der Waals surface area (Å²) < 4.78 is 11.4. The Labute approximate surface area is 115 Å². The summed E-state index contributed by atoms with van der Waals surface area (Å²) >= 11 is 0. The van der Waals surface area contributed by atoms with Crippen LogP contribution >= 0.6 is 0 Å². The molecule has 0 radical (unpaired) electrons. The molecule has 0 heterocycles. The summed E-state index contributed by atoms with van der Waals surface area (Å²) in [4.78, 5) is 0. The molecule has 0 fully saturated rings. The van der Waals surface area contributed by atoms with Gasteiger partial charge in [-0.25, -0.2) is 0 Å². The van der Waals surface area contributed by atoms with Gasteiger partial charge in [0.05, 0.1) is 13.2 Å². The van der Waals surface area contributed by atoms with E-state index in [0.29, 0.717) is 19.8 Å². The third kappa shape index (κ3) is 5.49. The Morgan fingerprint density at radius 1 is 1.11 bits per heavy atom. The standard InChI is InChI=1S/C15H25NO3/c1-2-18-14-9-7-8-13(12-16)15(14)19-11-6-4-3-5-10-17/h7-9,17H,2-6,10-12,16H2,1H3. The highest BCUT2D eigenvalue weighted by molar-refractivity contribution is 5.46. The fourth-order valence-corrected chi connectivity index (χ4v) is 1.90. The zero-order valence-electron chi connectivity index (χ0n) is 11.7. The smallest absolute Gasteiger partial charge is 0.165 e. The summed E-state index contributed by atoms with van der Waals surface area (Å²) in [7, 11) is 0. The average molecular weight is 267 g/mol. The lowest BCUT2D eigenvalue weighted by Crippen LogP contribution is -2.06. The summed E-state index contributed by atoms with van der Waals surface area (Å²) in [6.07, 6.45) is 3.94.